The van der Waals surface area contributed by atoms with E-state index in [9.17, 15) is 19.8 Å². The van der Waals surface area contributed by atoms with Gasteiger partial charge < -0.3 is 10.2 Å². The molecule has 1 aliphatic rings. The molecule has 0 unspecified atom stereocenters. The van der Waals surface area contributed by atoms with E-state index in [1.54, 1.807) is 0 Å². The fourth-order valence-corrected chi connectivity index (χ4v) is 3.21. The van der Waals surface area contributed by atoms with Gasteiger partial charge in [-0.3, -0.25) is 9.59 Å². The molecule has 1 aliphatic carbocycles. The normalized spacial score (nSPS) is 15.2. The van der Waals surface area contributed by atoms with Crippen LogP contribution in [0.1, 0.15) is 52.1 Å². The molecule has 1 heterocycles. The summed E-state index contributed by atoms with van der Waals surface area (Å²) in [5, 5.41) is 24.8. The molecule has 0 atom stereocenters. The largest absolute Gasteiger partial charge is 0.503 e. The molecular formula is C18H22N2O4. The summed E-state index contributed by atoms with van der Waals surface area (Å²) in [6.07, 6.45) is 6.87. The summed E-state index contributed by atoms with van der Waals surface area (Å²) in [5.74, 6) is -0.759. The van der Waals surface area contributed by atoms with Crippen molar-refractivity contribution in [3.05, 3.63) is 37.8 Å². The smallest absolute Gasteiger partial charge is 0.268 e. The second-order valence-electron chi connectivity index (χ2n) is 7.36. The van der Waals surface area contributed by atoms with E-state index in [0.717, 1.165) is 25.7 Å². The Morgan fingerprint density at radius 1 is 1.12 bits per heavy atom. The fraction of sp³-hybridized carbons (Fsp3) is 0.500. The number of allylic oxidation sites excluding steroid dienone is 2. The van der Waals surface area contributed by atoms with Crippen molar-refractivity contribution >= 4 is 0 Å². The molecule has 0 saturated heterocycles. The lowest BCUT2D eigenvalue weighted by Crippen LogP contribution is -2.32. The average molecular weight is 330 g/mol. The van der Waals surface area contributed by atoms with Gasteiger partial charge in [0.05, 0.1) is 22.4 Å². The van der Waals surface area contributed by atoms with Crippen molar-refractivity contribution in [3.8, 4) is 22.8 Å². The molecule has 0 bridgehead atoms. The number of nitrogens with zero attached hydrogens (tertiary/aromatic N) is 2. The SMILES string of the molecule is CC(C)(C)n1nc(CCC2=CCCC2)c(-c2c(O)c(=O)c2=O)c1O. The third-order valence-electron chi connectivity index (χ3n) is 4.52. The van der Waals surface area contributed by atoms with Gasteiger partial charge in [-0.05, 0) is 52.9 Å². The summed E-state index contributed by atoms with van der Waals surface area (Å²) in [5.41, 5.74) is -0.182. The van der Waals surface area contributed by atoms with Gasteiger partial charge in [-0.1, -0.05) is 11.6 Å². The van der Waals surface area contributed by atoms with Crippen LogP contribution in [-0.2, 0) is 12.0 Å². The first-order valence-corrected chi connectivity index (χ1v) is 8.23. The molecule has 0 saturated carbocycles. The molecule has 2 aromatic rings. The van der Waals surface area contributed by atoms with Crippen molar-refractivity contribution in [2.45, 2.75) is 58.4 Å². The summed E-state index contributed by atoms with van der Waals surface area (Å²) in [4.78, 5) is 23.2. The Morgan fingerprint density at radius 2 is 1.83 bits per heavy atom. The van der Waals surface area contributed by atoms with E-state index in [1.165, 1.54) is 10.3 Å². The zero-order valence-corrected chi connectivity index (χ0v) is 14.2. The highest BCUT2D eigenvalue weighted by molar-refractivity contribution is 5.79. The Morgan fingerprint density at radius 3 is 2.38 bits per heavy atom. The Bertz CT molecular complexity index is 890. The van der Waals surface area contributed by atoms with Crippen LogP contribution in [0, 0.1) is 0 Å². The van der Waals surface area contributed by atoms with Gasteiger partial charge in [-0.15, -0.1) is 0 Å². The molecule has 128 valence electrons. The molecule has 24 heavy (non-hydrogen) atoms. The molecule has 2 N–H and O–H groups in total. The molecule has 3 rings (SSSR count). The van der Waals surface area contributed by atoms with Gasteiger partial charge in [0.2, 0.25) is 11.3 Å². The van der Waals surface area contributed by atoms with Crippen LogP contribution in [0.15, 0.2) is 21.2 Å². The van der Waals surface area contributed by atoms with Gasteiger partial charge in [0.15, 0.2) is 5.75 Å². The molecule has 0 fully saturated rings. The molecule has 0 radical (unpaired) electrons. The van der Waals surface area contributed by atoms with Crippen molar-refractivity contribution < 1.29 is 10.2 Å². The predicted octanol–water partition coefficient (Wildman–Crippen LogP) is 2.36. The molecule has 1 aromatic heterocycles. The maximum Gasteiger partial charge on any atom is 0.268 e. The standard InChI is InChI=1S/C18H22N2O4/c1-18(2,3)20-17(24)12(13-14(21)16(23)15(13)22)11(19-20)9-8-10-6-4-5-7-10/h6,21,24H,4-5,7-9H2,1-3H3. The Balaban J connectivity index is 2.06. The van der Waals surface area contributed by atoms with E-state index < -0.39 is 22.1 Å². The van der Waals surface area contributed by atoms with E-state index >= 15 is 0 Å². The maximum absolute atomic E-state index is 11.9. The Hall–Kier alpha value is -2.37. The van der Waals surface area contributed by atoms with Gasteiger partial charge in [0.25, 0.3) is 5.43 Å². The molecule has 0 spiro atoms. The molecule has 6 heteroatoms. The monoisotopic (exact) mass is 330 g/mol. The third kappa shape index (κ3) is 2.56. The van der Waals surface area contributed by atoms with Crippen LogP contribution in [0.3, 0.4) is 0 Å². The molecule has 6 nitrogen and oxygen atoms in total. The number of aromatic nitrogens is 2. The Labute approximate surface area is 139 Å². The highest BCUT2D eigenvalue weighted by atomic mass is 16.3. The quantitative estimate of drug-likeness (QED) is 0.663. The van der Waals surface area contributed by atoms with Crippen molar-refractivity contribution in [2.75, 3.05) is 0 Å². The summed E-state index contributed by atoms with van der Waals surface area (Å²) >= 11 is 0. The maximum atomic E-state index is 11.9. The van der Waals surface area contributed by atoms with E-state index in [-0.39, 0.29) is 17.0 Å². The minimum atomic E-state index is -0.905. The summed E-state index contributed by atoms with van der Waals surface area (Å²) < 4.78 is 1.44. The van der Waals surface area contributed by atoms with Crippen LogP contribution in [0.5, 0.6) is 11.6 Å². The van der Waals surface area contributed by atoms with Crippen LogP contribution in [0.4, 0.5) is 0 Å². The van der Waals surface area contributed by atoms with Gasteiger partial charge in [0.1, 0.15) is 0 Å². The van der Waals surface area contributed by atoms with Gasteiger partial charge >= 0.3 is 0 Å². The number of aromatic hydroxyl groups is 2. The van der Waals surface area contributed by atoms with Gasteiger partial charge in [-0.2, -0.15) is 5.10 Å². The first-order chi connectivity index (χ1) is 11.2. The zero-order chi connectivity index (χ0) is 17.6. The lowest BCUT2D eigenvalue weighted by Gasteiger charge is -2.20. The number of hydrogen-bond donors (Lipinski definition) is 2. The molecule has 0 amide bonds. The molecular weight excluding hydrogens is 308 g/mol. The number of aryl methyl sites for hydroxylation is 1. The van der Waals surface area contributed by atoms with E-state index in [2.05, 4.69) is 11.2 Å². The van der Waals surface area contributed by atoms with Crippen LogP contribution in [0.25, 0.3) is 11.1 Å². The fourth-order valence-electron chi connectivity index (χ4n) is 3.21. The van der Waals surface area contributed by atoms with Crippen LogP contribution in [-0.4, -0.2) is 20.0 Å². The van der Waals surface area contributed by atoms with Crippen LogP contribution >= 0.6 is 0 Å². The first kappa shape index (κ1) is 16.5. The van der Waals surface area contributed by atoms with Crippen LogP contribution < -0.4 is 10.9 Å². The van der Waals surface area contributed by atoms with Gasteiger partial charge in [-0.25, -0.2) is 4.68 Å². The van der Waals surface area contributed by atoms with E-state index in [4.69, 9.17) is 0 Å². The second kappa shape index (κ2) is 5.61. The van der Waals surface area contributed by atoms with Crippen LogP contribution in [0.2, 0.25) is 0 Å². The van der Waals surface area contributed by atoms with Crippen molar-refractivity contribution in [2.24, 2.45) is 0 Å². The van der Waals surface area contributed by atoms with E-state index in [0.29, 0.717) is 12.1 Å². The summed E-state index contributed by atoms with van der Waals surface area (Å²) in [6.45, 7) is 5.65. The average Bonchev–Trinajstić information content (AvgIpc) is 3.13. The first-order valence-electron chi connectivity index (χ1n) is 8.23. The lowest BCUT2D eigenvalue weighted by molar-refractivity contribution is 0.294. The van der Waals surface area contributed by atoms with Gasteiger partial charge in [0, 0.05) is 0 Å². The minimum Gasteiger partial charge on any atom is -0.503 e. The predicted molar refractivity (Wildman–Crippen MR) is 91.2 cm³/mol. The third-order valence-corrected chi connectivity index (χ3v) is 4.52. The van der Waals surface area contributed by atoms with Crippen molar-refractivity contribution in [3.63, 3.8) is 0 Å². The Kier molecular flexibility index (Phi) is 3.86. The number of hydrogen-bond acceptors (Lipinski definition) is 5. The molecule has 1 aromatic carbocycles. The topological polar surface area (TPSA) is 92.4 Å². The second-order valence-corrected chi connectivity index (χ2v) is 7.36. The van der Waals surface area contributed by atoms with E-state index in [1.807, 2.05) is 20.8 Å². The minimum absolute atomic E-state index is 0.108. The summed E-state index contributed by atoms with van der Waals surface area (Å²) in [7, 11) is 0. The molecule has 0 aliphatic heterocycles. The lowest BCUT2D eigenvalue weighted by atomic mass is 9.97. The zero-order valence-electron chi connectivity index (χ0n) is 14.2. The highest BCUT2D eigenvalue weighted by Crippen LogP contribution is 2.39. The highest BCUT2D eigenvalue weighted by Gasteiger charge is 2.32. The van der Waals surface area contributed by atoms with Crippen molar-refractivity contribution in [1.29, 1.82) is 0 Å². The van der Waals surface area contributed by atoms with Crippen molar-refractivity contribution in [1.82, 2.24) is 9.78 Å². The number of rotatable bonds is 4. The summed E-state index contributed by atoms with van der Waals surface area (Å²) in [6, 6.07) is 0.